The third-order valence-electron chi connectivity index (χ3n) is 2.60. The standard InChI is InChI=1S/C10H13ClN2O3S2/c11-8-5-18(14,15)6-9(8)13-10(17)12-4-7-2-1-3-16-7/h1-3,8-9H,4-6H2,(H2,12,13,17). The van der Waals surface area contributed by atoms with Crippen molar-refractivity contribution in [1.29, 1.82) is 0 Å². The maximum Gasteiger partial charge on any atom is 0.166 e. The second-order valence-corrected chi connectivity index (χ2v) is 7.23. The fraction of sp³-hybridized carbons (Fsp3) is 0.500. The molecular formula is C10H13ClN2O3S2. The molecule has 2 unspecified atom stereocenters. The summed E-state index contributed by atoms with van der Waals surface area (Å²) in [4.78, 5) is 0. The Morgan fingerprint density at radius 1 is 1.56 bits per heavy atom. The minimum Gasteiger partial charge on any atom is -0.467 e. The predicted octanol–water partition coefficient (Wildman–Crippen LogP) is 0.648. The molecule has 1 aromatic heterocycles. The van der Waals surface area contributed by atoms with E-state index in [1.54, 1.807) is 12.3 Å². The molecule has 0 bridgehead atoms. The molecule has 2 rings (SSSR count). The first-order valence-corrected chi connectivity index (χ1v) is 8.04. The SMILES string of the molecule is O=S1(=O)CC(Cl)C(NC(=S)NCc2ccco2)C1. The lowest BCUT2D eigenvalue weighted by molar-refractivity contribution is 0.501. The molecule has 2 atom stereocenters. The molecule has 0 saturated carbocycles. The predicted molar refractivity (Wildman–Crippen MR) is 73.4 cm³/mol. The van der Waals surface area contributed by atoms with E-state index in [2.05, 4.69) is 10.6 Å². The van der Waals surface area contributed by atoms with Gasteiger partial charge in [0.2, 0.25) is 0 Å². The van der Waals surface area contributed by atoms with Gasteiger partial charge in [-0.05, 0) is 24.4 Å². The fourth-order valence-electron chi connectivity index (χ4n) is 1.74. The van der Waals surface area contributed by atoms with Gasteiger partial charge >= 0.3 is 0 Å². The molecule has 2 heterocycles. The van der Waals surface area contributed by atoms with Crippen LogP contribution >= 0.6 is 23.8 Å². The van der Waals surface area contributed by atoms with Crippen LogP contribution in [-0.2, 0) is 16.4 Å². The average molecular weight is 309 g/mol. The Morgan fingerprint density at radius 2 is 2.33 bits per heavy atom. The number of thiocarbonyl (C=S) groups is 1. The van der Waals surface area contributed by atoms with Crippen LogP contribution in [0.5, 0.6) is 0 Å². The summed E-state index contributed by atoms with van der Waals surface area (Å²) in [5, 5.41) is 5.78. The second kappa shape index (κ2) is 5.46. The Labute approximate surface area is 116 Å². The largest absolute Gasteiger partial charge is 0.467 e. The molecule has 0 amide bonds. The van der Waals surface area contributed by atoms with Crippen molar-refractivity contribution >= 4 is 38.8 Å². The summed E-state index contributed by atoms with van der Waals surface area (Å²) in [6.45, 7) is 0.450. The summed E-state index contributed by atoms with van der Waals surface area (Å²) in [5.74, 6) is 0.761. The monoisotopic (exact) mass is 308 g/mol. The van der Waals surface area contributed by atoms with Crippen molar-refractivity contribution < 1.29 is 12.8 Å². The lowest BCUT2D eigenvalue weighted by Crippen LogP contribution is -2.45. The molecule has 18 heavy (non-hydrogen) atoms. The molecule has 0 spiro atoms. The highest BCUT2D eigenvalue weighted by atomic mass is 35.5. The van der Waals surface area contributed by atoms with Gasteiger partial charge in [0, 0.05) is 0 Å². The lowest BCUT2D eigenvalue weighted by Gasteiger charge is -2.16. The maximum absolute atomic E-state index is 11.4. The van der Waals surface area contributed by atoms with Crippen LogP contribution in [0.25, 0.3) is 0 Å². The highest BCUT2D eigenvalue weighted by molar-refractivity contribution is 7.91. The van der Waals surface area contributed by atoms with Crippen molar-refractivity contribution in [2.75, 3.05) is 11.5 Å². The quantitative estimate of drug-likeness (QED) is 0.631. The molecule has 5 nitrogen and oxygen atoms in total. The zero-order valence-electron chi connectivity index (χ0n) is 9.43. The van der Waals surface area contributed by atoms with Gasteiger partial charge in [-0.1, -0.05) is 0 Å². The van der Waals surface area contributed by atoms with E-state index in [0.717, 1.165) is 5.76 Å². The lowest BCUT2D eigenvalue weighted by atomic mass is 10.2. The van der Waals surface area contributed by atoms with E-state index in [1.807, 2.05) is 6.07 Å². The fourth-order valence-corrected chi connectivity index (χ4v) is 4.51. The van der Waals surface area contributed by atoms with E-state index in [-0.39, 0.29) is 17.5 Å². The highest BCUT2D eigenvalue weighted by Gasteiger charge is 2.36. The highest BCUT2D eigenvalue weighted by Crippen LogP contribution is 2.17. The smallest absolute Gasteiger partial charge is 0.166 e. The van der Waals surface area contributed by atoms with E-state index in [1.165, 1.54) is 0 Å². The molecule has 1 aliphatic rings. The molecular weight excluding hydrogens is 296 g/mol. The summed E-state index contributed by atoms with van der Waals surface area (Å²) in [5.41, 5.74) is 0. The molecule has 0 radical (unpaired) electrons. The van der Waals surface area contributed by atoms with E-state index in [9.17, 15) is 8.42 Å². The first kappa shape index (κ1) is 13.6. The Morgan fingerprint density at radius 3 is 2.89 bits per heavy atom. The normalized spacial score (nSPS) is 25.8. The number of sulfone groups is 1. The number of rotatable bonds is 3. The van der Waals surface area contributed by atoms with Crippen molar-refractivity contribution in [3.8, 4) is 0 Å². The summed E-state index contributed by atoms with van der Waals surface area (Å²) in [6.07, 6.45) is 1.58. The van der Waals surface area contributed by atoms with Crippen molar-refractivity contribution in [2.45, 2.75) is 18.0 Å². The molecule has 1 aromatic rings. The van der Waals surface area contributed by atoms with Gasteiger partial charge in [0.1, 0.15) is 5.76 Å². The van der Waals surface area contributed by atoms with Gasteiger partial charge < -0.3 is 15.1 Å². The third kappa shape index (κ3) is 3.60. The van der Waals surface area contributed by atoms with Gasteiger partial charge in [0.05, 0.1) is 35.7 Å². The minimum absolute atomic E-state index is 0.00693. The second-order valence-electron chi connectivity index (χ2n) is 4.11. The topological polar surface area (TPSA) is 71.3 Å². The van der Waals surface area contributed by atoms with Crippen molar-refractivity contribution in [3.05, 3.63) is 24.2 Å². The van der Waals surface area contributed by atoms with Gasteiger partial charge in [0.15, 0.2) is 14.9 Å². The van der Waals surface area contributed by atoms with Gasteiger partial charge in [-0.2, -0.15) is 0 Å². The summed E-state index contributed by atoms with van der Waals surface area (Å²) in [6, 6.07) is 3.26. The van der Waals surface area contributed by atoms with Crippen LogP contribution in [0.4, 0.5) is 0 Å². The molecule has 0 aliphatic carbocycles. The molecule has 100 valence electrons. The first-order valence-electron chi connectivity index (χ1n) is 5.37. The van der Waals surface area contributed by atoms with Crippen LogP contribution in [0.3, 0.4) is 0 Å². The van der Waals surface area contributed by atoms with Gasteiger partial charge in [-0.3, -0.25) is 0 Å². The van der Waals surface area contributed by atoms with Crippen LogP contribution in [0.2, 0.25) is 0 Å². The summed E-state index contributed by atoms with van der Waals surface area (Å²) in [7, 11) is -3.05. The van der Waals surface area contributed by atoms with Crippen LogP contribution in [0, 0.1) is 0 Å². The van der Waals surface area contributed by atoms with E-state index in [0.29, 0.717) is 11.7 Å². The number of nitrogens with one attached hydrogen (secondary N) is 2. The molecule has 1 saturated heterocycles. The number of halogens is 1. The Bertz CT molecular complexity index is 515. The molecule has 8 heteroatoms. The summed E-state index contributed by atoms with van der Waals surface area (Å²) >= 11 is 11.0. The first-order chi connectivity index (χ1) is 8.46. The molecule has 2 N–H and O–H groups in total. The number of hydrogen-bond acceptors (Lipinski definition) is 4. The van der Waals surface area contributed by atoms with Crippen molar-refractivity contribution in [3.63, 3.8) is 0 Å². The zero-order chi connectivity index (χ0) is 13.2. The number of furan rings is 1. The van der Waals surface area contributed by atoms with E-state index < -0.39 is 15.2 Å². The van der Waals surface area contributed by atoms with Gasteiger partial charge in [-0.15, -0.1) is 11.6 Å². The van der Waals surface area contributed by atoms with Crippen LogP contribution in [0.15, 0.2) is 22.8 Å². The van der Waals surface area contributed by atoms with E-state index in [4.69, 9.17) is 28.2 Å². The molecule has 1 aliphatic heterocycles. The Hall–Kier alpha value is -0.790. The number of hydrogen-bond donors (Lipinski definition) is 2. The molecule has 0 aromatic carbocycles. The third-order valence-corrected chi connectivity index (χ3v) is 5.24. The minimum atomic E-state index is -3.05. The zero-order valence-corrected chi connectivity index (χ0v) is 11.8. The van der Waals surface area contributed by atoms with Crippen LogP contribution < -0.4 is 10.6 Å². The average Bonchev–Trinajstić information content (AvgIpc) is 2.84. The summed E-state index contributed by atoms with van der Waals surface area (Å²) < 4.78 is 27.9. The molecule has 1 fully saturated rings. The maximum atomic E-state index is 11.4. The van der Waals surface area contributed by atoms with E-state index >= 15 is 0 Å². The van der Waals surface area contributed by atoms with Gasteiger partial charge in [0.25, 0.3) is 0 Å². The Balaban J connectivity index is 1.81. The van der Waals surface area contributed by atoms with Crippen molar-refractivity contribution in [2.24, 2.45) is 0 Å². The van der Waals surface area contributed by atoms with Crippen LogP contribution in [0.1, 0.15) is 5.76 Å². The number of alkyl halides is 1. The van der Waals surface area contributed by atoms with Gasteiger partial charge in [-0.25, -0.2) is 8.42 Å². The Kier molecular flexibility index (Phi) is 4.14. The van der Waals surface area contributed by atoms with Crippen molar-refractivity contribution in [1.82, 2.24) is 10.6 Å². The van der Waals surface area contributed by atoms with Crippen LogP contribution in [-0.4, -0.2) is 36.5 Å².